The van der Waals surface area contributed by atoms with Crippen molar-refractivity contribution < 1.29 is 9.66 Å². The van der Waals surface area contributed by atoms with Gasteiger partial charge in [-0.15, -0.1) is 0 Å². The van der Waals surface area contributed by atoms with Gasteiger partial charge in [0.2, 0.25) is 0 Å². The predicted molar refractivity (Wildman–Crippen MR) is 71.9 cm³/mol. The summed E-state index contributed by atoms with van der Waals surface area (Å²) >= 11 is 0. The first-order valence-electron chi connectivity index (χ1n) is 5.97. The van der Waals surface area contributed by atoms with Gasteiger partial charge in [-0.25, -0.2) is 0 Å². The van der Waals surface area contributed by atoms with E-state index in [1.807, 2.05) is 18.7 Å². The summed E-state index contributed by atoms with van der Waals surface area (Å²) in [5.74, 6) is 0. The van der Waals surface area contributed by atoms with Crippen molar-refractivity contribution in [2.24, 2.45) is 0 Å². The number of hydrogen-bond donors (Lipinski definition) is 1. The molecule has 1 aromatic carbocycles. The lowest BCUT2D eigenvalue weighted by Crippen LogP contribution is -2.28. The molecule has 0 saturated heterocycles. The van der Waals surface area contributed by atoms with Gasteiger partial charge in [0.05, 0.1) is 11.5 Å². The molecular weight excluding hydrogens is 234 g/mol. The van der Waals surface area contributed by atoms with Crippen molar-refractivity contribution in [2.75, 3.05) is 36.9 Å². The SMILES string of the molecule is CCOCCN(CC)c1cccc(N)c1[N+](=O)[O-]. The van der Waals surface area contributed by atoms with Crippen molar-refractivity contribution in [3.05, 3.63) is 28.3 Å². The Balaban J connectivity index is 2.98. The normalized spacial score (nSPS) is 10.3. The van der Waals surface area contributed by atoms with Gasteiger partial charge in [0, 0.05) is 19.7 Å². The zero-order valence-electron chi connectivity index (χ0n) is 10.8. The van der Waals surface area contributed by atoms with E-state index in [1.165, 1.54) is 6.07 Å². The zero-order chi connectivity index (χ0) is 13.5. The lowest BCUT2D eigenvalue weighted by Gasteiger charge is -2.23. The Morgan fingerprint density at radius 3 is 2.72 bits per heavy atom. The van der Waals surface area contributed by atoms with E-state index in [9.17, 15) is 10.1 Å². The molecule has 0 aliphatic rings. The number of likely N-dealkylation sites (N-methyl/N-ethyl adjacent to an activating group) is 1. The lowest BCUT2D eigenvalue weighted by atomic mass is 10.2. The molecule has 6 nitrogen and oxygen atoms in total. The third-order valence-corrected chi connectivity index (χ3v) is 2.66. The molecule has 0 saturated carbocycles. The van der Waals surface area contributed by atoms with Crippen LogP contribution in [-0.4, -0.2) is 31.2 Å². The largest absolute Gasteiger partial charge is 0.393 e. The molecule has 0 fully saturated rings. The topological polar surface area (TPSA) is 81.6 Å². The van der Waals surface area contributed by atoms with Gasteiger partial charge in [0.15, 0.2) is 0 Å². The Hall–Kier alpha value is -1.82. The Labute approximate surface area is 106 Å². The molecule has 0 bridgehead atoms. The second-order valence-corrected chi connectivity index (χ2v) is 3.75. The molecule has 0 aromatic heterocycles. The molecule has 2 N–H and O–H groups in total. The summed E-state index contributed by atoms with van der Waals surface area (Å²) in [6, 6.07) is 4.98. The smallest absolute Gasteiger partial charge is 0.315 e. The van der Waals surface area contributed by atoms with Crippen LogP contribution in [0.15, 0.2) is 18.2 Å². The van der Waals surface area contributed by atoms with Crippen LogP contribution in [-0.2, 0) is 4.74 Å². The van der Waals surface area contributed by atoms with Crippen LogP contribution in [0.4, 0.5) is 17.1 Å². The quantitative estimate of drug-likeness (QED) is 0.348. The molecule has 0 heterocycles. The molecular formula is C12H19N3O3. The summed E-state index contributed by atoms with van der Waals surface area (Å²) in [5, 5.41) is 11.1. The fraction of sp³-hybridized carbons (Fsp3) is 0.500. The standard InChI is InChI=1S/C12H19N3O3/c1-3-14(8-9-18-4-2)11-7-5-6-10(13)12(11)15(16)17/h5-7H,3-4,8-9,13H2,1-2H3. The average molecular weight is 253 g/mol. The van der Waals surface area contributed by atoms with Crippen LogP contribution in [0.3, 0.4) is 0 Å². The number of para-hydroxylation sites is 1. The predicted octanol–water partition coefficient (Wildman–Crippen LogP) is 2.04. The van der Waals surface area contributed by atoms with Crippen LogP contribution in [0.2, 0.25) is 0 Å². The van der Waals surface area contributed by atoms with Gasteiger partial charge in [0.25, 0.3) is 0 Å². The minimum absolute atomic E-state index is 0.0316. The number of hydrogen-bond acceptors (Lipinski definition) is 5. The third-order valence-electron chi connectivity index (χ3n) is 2.66. The van der Waals surface area contributed by atoms with Crippen molar-refractivity contribution in [1.29, 1.82) is 0 Å². The first-order chi connectivity index (χ1) is 8.61. The first-order valence-corrected chi connectivity index (χ1v) is 5.97. The fourth-order valence-electron chi connectivity index (χ4n) is 1.77. The van der Waals surface area contributed by atoms with E-state index in [4.69, 9.17) is 10.5 Å². The lowest BCUT2D eigenvalue weighted by molar-refractivity contribution is -0.383. The molecule has 0 spiro atoms. The maximum Gasteiger partial charge on any atom is 0.315 e. The summed E-state index contributed by atoms with van der Waals surface area (Å²) in [6.45, 7) is 6.30. The van der Waals surface area contributed by atoms with Gasteiger partial charge in [-0.3, -0.25) is 10.1 Å². The molecule has 0 unspecified atom stereocenters. The highest BCUT2D eigenvalue weighted by atomic mass is 16.6. The maximum atomic E-state index is 11.1. The minimum atomic E-state index is -0.437. The molecule has 0 aliphatic heterocycles. The first kappa shape index (κ1) is 14.2. The Morgan fingerprint density at radius 2 is 2.17 bits per heavy atom. The number of benzene rings is 1. The van der Waals surface area contributed by atoms with E-state index in [-0.39, 0.29) is 11.4 Å². The molecule has 0 radical (unpaired) electrons. The molecule has 18 heavy (non-hydrogen) atoms. The summed E-state index contributed by atoms with van der Waals surface area (Å²) in [5.41, 5.74) is 6.37. The van der Waals surface area contributed by atoms with Gasteiger partial charge in [-0.2, -0.15) is 0 Å². The van der Waals surface area contributed by atoms with Crippen LogP contribution < -0.4 is 10.6 Å². The molecule has 6 heteroatoms. The molecule has 0 amide bonds. The van der Waals surface area contributed by atoms with Crippen LogP contribution in [0, 0.1) is 10.1 Å². The number of nitro benzene ring substituents is 1. The third kappa shape index (κ3) is 3.33. The van der Waals surface area contributed by atoms with Crippen LogP contribution in [0.1, 0.15) is 13.8 Å². The van der Waals surface area contributed by atoms with Gasteiger partial charge < -0.3 is 15.4 Å². The van der Waals surface area contributed by atoms with Crippen molar-refractivity contribution >= 4 is 17.1 Å². The number of ether oxygens (including phenoxy) is 1. The minimum Gasteiger partial charge on any atom is -0.393 e. The van der Waals surface area contributed by atoms with Crippen molar-refractivity contribution in [2.45, 2.75) is 13.8 Å². The Morgan fingerprint density at radius 1 is 1.44 bits per heavy atom. The molecule has 0 aliphatic carbocycles. The molecule has 1 rings (SSSR count). The van der Waals surface area contributed by atoms with Crippen LogP contribution >= 0.6 is 0 Å². The number of nitrogens with zero attached hydrogens (tertiary/aromatic N) is 2. The fourth-order valence-corrected chi connectivity index (χ4v) is 1.77. The van der Waals surface area contributed by atoms with Gasteiger partial charge in [-0.1, -0.05) is 6.07 Å². The van der Waals surface area contributed by atoms with Gasteiger partial charge in [-0.05, 0) is 26.0 Å². The summed E-state index contributed by atoms with van der Waals surface area (Å²) < 4.78 is 5.28. The second-order valence-electron chi connectivity index (χ2n) is 3.75. The number of anilines is 2. The summed E-state index contributed by atoms with van der Waals surface area (Å²) in [6.07, 6.45) is 0. The maximum absolute atomic E-state index is 11.1. The van der Waals surface area contributed by atoms with Crippen LogP contribution in [0.5, 0.6) is 0 Å². The van der Waals surface area contributed by atoms with E-state index >= 15 is 0 Å². The number of nitro groups is 1. The molecule has 0 atom stereocenters. The monoisotopic (exact) mass is 253 g/mol. The van der Waals surface area contributed by atoms with Crippen molar-refractivity contribution in [3.63, 3.8) is 0 Å². The van der Waals surface area contributed by atoms with Gasteiger partial charge >= 0.3 is 5.69 Å². The number of rotatable bonds is 7. The van der Waals surface area contributed by atoms with E-state index in [0.29, 0.717) is 32.0 Å². The zero-order valence-corrected chi connectivity index (χ0v) is 10.8. The van der Waals surface area contributed by atoms with Gasteiger partial charge in [0.1, 0.15) is 11.4 Å². The Bertz CT molecular complexity index is 410. The summed E-state index contributed by atoms with van der Waals surface area (Å²) in [4.78, 5) is 12.5. The van der Waals surface area contributed by atoms with Crippen molar-refractivity contribution in [3.8, 4) is 0 Å². The molecule has 100 valence electrons. The number of nitrogens with two attached hydrogens (primary N) is 1. The van der Waals surface area contributed by atoms with E-state index in [1.54, 1.807) is 12.1 Å². The Kier molecular flexibility index (Phi) is 5.38. The average Bonchev–Trinajstić information content (AvgIpc) is 2.34. The van der Waals surface area contributed by atoms with E-state index in [2.05, 4.69) is 0 Å². The highest BCUT2D eigenvalue weighted by Gasteiger charge is 2.21. The summed E-state index contributed by atoms with van der Waals surface area (Å²) in [7, 11) is 0. The molecule has 1 aromatic rings. The van der Waals surface area contributed by atoms with E-state index < -0.39 is 4.92 Å². The van der Waals surface area contributed by atoms with Crippen molar-refractivity contribution in [1.82, 2.24) is 0 Å². The van der Waals surface area contributed by atoms with Crippen LogP contribution in [0.25, 0.3) is 0 Å². The highest BCUT2D eigenvalue weighted by Crippen LogP contribution is 2.33. The highest BCUT2D eigenvalue weighted by molar-refractivity contribution is 5.75. The number of nitrogen functional groups attached to an aromatic ring is 1. The van der Waals surface area contributed by atoms with E-state index in [0.717, 1.165) is 0 Å². The second kappa shape index (κ2) is 6.80.